The van der Waals surface area contributed by atoms with Crippen molar-refractivity contribution in [3.8, 4) is 5.75 Å². The summed E-state index contributed by atoms with van der Waals surface area (Å²) in [6.07, 6.45) is 1.14. The summed E-state index contributed by atoms with van der Waals surface area (Å²) in [6, 6.07) is 22.6. The Bertz CT molecular complexity index is 1060. The van der Waals surface area contributed by atoms with Gasteiger partial charge in [-0.15, -0.1) is 0 Å². The van der Waals surface area contributed by atoms with Crippen molar-refractivity contribution in [2.45, 2.75) is 43.4 Å². The molecule has 3 rings (SSSR count). The monoisotopic (exact) mass is 410 g/mol. The van der Waals surface area contributed by atoms with E-state index < -0.39 is 10.1 Å². The van der Waals surface area contributed by atoms with Crippen LogP contribution in [0.15, 0.2) is 77.7 Å². The van der Waals surface area contributed by atoms with E-state index >= 15 is 0 Å². The smallest absolute Gasteiger partial charge is 0.294 e. The molecule has 2 unspecified atom stereocenters. The standard InChI is InChI=1S/C24H26O4S/c1-3-18-15-21(29(26,27)28)16-23(24(18)25)22(20-12-8-5-9-13-20)14-17(2)19-10-6-4-7-11-19/h4-13,15-17,22,25H,3,14H2,1-2H3,(H,26,27,28). The van der Waals surface area contributed by atoms with E-state index in [9.17, 15) is 18.1 Å². The lowest BCUT2D eigenvalue weighted by Gasteiger charge is -2.24. The maximum absolute atomic E-state index is 11.8. The van der Waals surface area contributed by atoms with Crippen molar-refractivity contribution < 1.29 is 18.1 Å². The SMILES string of the molecule is CCc1cc(S(=O)(=O)O)cc(C(CC(C)c2ccccc2)c2ccccc2)c1O. The Labute approximate surface area is 172 Å². The van der Waals surface area contributed by atoms with Crippen molar-refractivity contribution in [3.63, 3.8) is 0 Å². The molecular weight excluding hydrogens is 384 g/mol. The van der Waals surface area contributed by atoms with Gasteiger partial charge in [-0.05, 0) is 47.6 Å². The van der Waals surface area contributed by atoms with Crippen molar-refractivity contribution in [2.75, 3.05) is 0 Å². The minimum atomic E-state index is -4.38. The summed E-state index contributed by atoms with van der Waals surface area (Å²) in [5, 5.41) is 10.9. The Morgan fingerprint density at radius 3 is 1.97 bits per heavy atom. The fourth-order valence-electron chi connectivity index (χ4n) is 3.77. The first-order chi connectivity index (χ1) is 13.8. The third-order valence-electron chi connectivity index (χ3n) is 5.41. The molecule has 0 spiro atoms. The maximum Gasteiger partial charge on any atom is 0.294 e. The molecule has 0 fully saturated rings. The lowest BCUT2D eigenvalue weighted by Crippen LogP contribution is -2.09. The summed E-state index contributed by atoms with van der Waals surface area (Å²) in [5.74, 6) is 0.0488. The summed E-state index contributed by atoms with van der Waals surface area (Å²) >= 11 is 0. The third kappa shape index (κ3) is 4.86. The lowest BCUT2D eigenvalue weighted by atomic mass is 9.81. The predicted molar refractivity (Wildman–Crippen MR) is 115 cm³/mol. The second kappa shape index (κ2) is 8.80. The van der Waals surface area contributed by atoms with E-state index in [4.69, 9.17) is 0 Å². The zero-order valence-corrected chi connectivity index (χ0v) is 17.4. The number of aryl methyl sites for hydroxylation is 1. The van der Waals surface area contributed by atoms with Crippen LogP contribution in [0.5, 0.6) is 5.75 Å². The van der Waals surface area contributed by atoms with Crippen LogP contribution in [0.1, 0.15) is 54.4 Å². The largest absolute Gasteiger partial charge is 0.507 e. The number of benzene rings is 3. The molecule has 0 aliphatic rings. The zero-order chi connectivity index (χ0) is 21.0. The first-order valence-electron chi connectivity index (χ1n) is 9.74. The molecule has 0 saturated heterocycles. The van der Waals surface area contributed by atoms with E-state index in [1.165, 1.54) is 17.7 Å². The summed E-state index contributed by atoms with van der Waals surface area (Å²) in [5.41, 5.74) is 3.18. The second-order valence-electron chi connectivity index (χ2n) is 7.36. The quantitative estimate of drug-likeness (QED) is 0.503. The number of aromatic hydroxyl groups is 1. The average Bonchev–Trinajstić information content (AvgIpc) is 2.72. The van der Waals surface area contributed by atoms with Gasteiger partial charge in [-0.25, -0.2) is 0 Å². The number of rotatable bonds is 7. The molecule has 2 atom stereocenters. The van der Waals surface area contributed by atoms with Crippen LogP contribution in [0, 0.1) is 0 Å². The molecule has 0 saturated carbocycles. The molecule has 0 aliphatic heterocycles. The van der Waals surface area contributed by atoms with Crippen molar-refractivity contribution in [2.24, 2.45) is 0 Å². The Morgan fingerprint density at radius 2 is 1.45 bits per heavy atom. The van der Waals surface area contributed by atoms with Gasteiger partial charge in [-0.2, -0.15) is 8.42 Å². The Morgan fingerprint density at radius 1 is 0.897 bits per heavy atom. The van der Waals surface area contributed by atoms with Crippen molar-refractivity contribution in [1.29, 1.82) is 0 Å². The molecule has 0 aliphatic carbocycles. The van der Waals surface area contributed by atoms with E-state index in [2.05, 4.69) is 19.1 Å². The maximum atomic E-state index is 11.8. The number of hydrogen-bond acceptors (Lipinski definition) is 3. The highest BCUT2D eigenvalue weighted by molar-refractivity contribution is 7.85. The summed E-state index contributed by atoms with van der Waals surface area (Å²) in [7, 11) is -4.38. The van der Waals surface area contributed by atoms with E-state index in [0.29, 0.717) is 24.0 Å². The van der Waals surface area contributed by atoms with Crippen molar-refractivity contribution >= 4 is 10.1 Å². The molecule has 152 valence electrons. The molecular formula is C24H26O4S. The highest BCUT2D eigenvalue weighted by atomic mass is 32.2. The van der Waals surface area contributed by atoms with Gasteiger partial charge >= 0.3 is 0 Å². The molecule has 3 aromatic carbocycles. The minimum absolute atomic E-state index is 0.0917. The Hall–Kier alpha value is -2.63. The molecule has 0 amide bonds. The highest BCUT2D eigenvalue weighted by Crippen LogP contribution is 2.41. The predicted octanol–water partition coefficient (Wildman–Crippen LogP) is 5.53. The van der Waals surface area contributed by atoms with Crippen LogP contribution >= 0.6 is 0 Å². The molecule has 5 heteroatoms. The Kier molecular flexibility index (Phi) is 6.40. The van der Waals surface area contributed by atoms with Gasteiger partial charge in [0, 0.05) is 11.5 Å². The average molecular weight is 411 g/mol. The first-order valence-corrected chi connectivity index (χ1v) is 11.2. The first kappa shape index (κ1) is 21.1. The van der Waals surface area contributed by atoms with Crippen LogP contribution in [-0.2, 0) is 16.5 Å². The van der Waals surface area contributed by atoms with Crippen LogP contribution in [0.2, 0.25) is 0 Å². The molecule has 2 N–H and O–H groups in total. The van der Waals surface area contributed by atoms with Gasteiger partial charge < -0.3 is 5.11 Å². The van der Waals surface area contributed by atoms with Crippen LogP contribution < -0.4 is 0 Å². The molecule has 0 aromatic heterocycles. The summed E-state index contributed by atoms with van der Waals surface area (Å²) in [4.78, 5) is -0.185. The van der Waals surface area contributed by atoms with Crippen molar-refractivity contribution in [1.82, 2.24) is 0 Å². The van der Waals surface area contributed by atoms with Gasteiger partial charge in [0.15, 0.2) is 0 Å². The van der Waals surface area contributed by atoms with E-state index in [1.54, 1.807) is 0 Å². The lowest BCUT2D eigenvalue weighted by molar-refractivity contribution is 0.451. The molecule has 0 bridgehead atoms. The van der Waals surface area contributed by atoms with Crippen LogP contribution in [0.3, 0.4) is 0 Å². The molecule has 3 aromatic rings. The van der Waals surface area contributed by atoms with Gasteiger partial charge in [-0.3, -0.25) is 4.55 Å². The van der Waals surface area contributed by atoms with Gasteiger partial charge in [-0.1, -0.05) is 74.5 Å². The number of phenolic OH excluding ortho intramolecular Hbond substituents is 1. The van der Waals surface area contributed by atoms with E-state index in [0.717, 1.165) is 5.56 Å². The Balaban J connectivity index is 2.14. The summed E-state index contributed by atoms with van der Waals surface area (Å²) in [6.45, 7) is 3.96. The molecule has 0 radical (unpaired) electrons. The second-order valence-corrected chi connectivity index (χ2v) is 8.78. The van der Waals surface area contributed by atoms with E-state index in [1.807, 2.05) is 55.5 Å². The number of phenols is 1. The molecule has 4 nitrogen and oxygen atoms in total. The number of hydrogen-bond donors (Lipinski definition) is 2. The molecule has 0 heterocycles. The van der Waals surface area contributed by atoms with Gasteiger partial charge in [0.1, 0.15) is 5.75 Å². The fraction of sp³-hybridized carbons (Fsp3) is 0.250. The normalized spacial score (nSPS) is 13.8. The van der Waals surface area contributed by atoms with Gasteiger partial charge in [0.25, 0.3) is 10.1 Å². The molecule has 29 heavy (non-hydrogen) atoms. The van der Waals surface area contributed by atoms with Gasteiger partial charge in [0.2, 0.25) is 0 Å². The van der Waals surface area contributed by atoms with Crippen LogP contribution in [0.4, 0.5) is 0 Å². The third-order valence-corrected chi connectivity index (χ3v) is 6.24. The van der Waals surface area contributed by atoms with E-state index in [-0.39, 0.29) is 22.5 Å². The highest BCUT2D eigenvalue weighted by Gasteiger charge is 2.25. The van der Waals surface area contributed by atoms with Crippen molar-refractivity contribution in [3.05, 3.63) is 95.1 Å². The topological polar surface area (TPSA) is 74.6 Å². The fourth-order valence-corrected chi connectivity index (χ4v) is 4.34. The summed E-state index contributed by atoms with van der Waals surface area (Å²) < 4.78 is 33.3. The van der Waals surface area contributed by atoms with Crippen LogP contribution in [-0.4, -0.2) is 18.1 Å². The minimum Gasteiger partial charge on any atom is -0.507 e. The zero-order valence-electron chi connectivity index (χ0n) is 16.6. The van der Waals surface area contributed by atoms with Gasteiger partial charge in [0.05, 0.1) is 4.90 Å². The van der Waals surface area contributed by atoms with Crippen LogP contribution in [0.25, 0.3) is 0 Å².